The highest BCUT2D eigenvalue weighted by atomic mass is 35.5. The van der Waals surface area contributed by atoms with E-state index in [9.17, 15) is 9.18 Å². The zero-order chi connectivity index (χ0) is 12.3. The number of rotatable bonds is 5. The van der Waals surface area contributed by atoms with Gasteiger partial charge in [-0.25, -0.2) is 4.39 Å². The summed E-state index contributed by atoms with van der Waals surface area (Å²) in [4.78, 5) is 11.5. The third kappa shape index (κ3) is 3.98. The van der Waals surface area contributed by atoms with Gasteiger partial charge in [0.2, 0.25) is 5.91 Å². The topological polar surface area (TPSA) is 41.1 Å². The second kappa shape index (κ2) is 5.47. The highest BCUT2D eigenvalue weighted by Crippen LogP contribution is 2.27. The maximum atomic E-state index is 12.8. The summed E-state index contributed by atoms with van der Waals surface area (Å²) < 4.78 is 12.8. The SMILES string of the molecule is O=C(CNCC1CC1)Nc1ccc(F)cc1Cl. The van der Waals surface area contributed by atoms with E-state index >= 15 is 0 Å². The molecular weight excluding hydrogens is 243 g/mol. The summed E-state index contributed by atoms with van der Waals surface area (Å²) in [5.41, 5.74) is 0.436. The van der Waals surface area contributed by atoms with Gasteiger partial charge < -0.3 is 10.6 Å². The molecule has 0 heterocycles. The van der Waals surface area contributed by atoms with Gasteiger partial charge in [-0.3, -0.25) is 4.79 Å². The summed E-state index contributed by atoms with van der Waals surface area (Å²) in [5.74, 6) is 0.149. The van der Waals surface area contributed by atoms with Gasteiger partial charge in [0.15, 0.2) is 0 Å². The highest BCUT2D eigenvalue weighted by Gasteiger charge is 2.20. The maximum Gasteiger partial charge on any atom is 0.238 e. The van der Waals surface area contributed by atoms with Gasteiger partial charge in [0.05, 0.1) is 17.3 Å². The summed E-state index contributed by atoms with van der Waals surface area (Å²) in [6.07, 6.45) is 2.50. The van der Waals surface area contributed by atoms with Crippen molar-refractivity contribution in [2.75, 3.05) is 18.4 Å². The average molecular weight is 257 g/mol. The van der Waals surface area contributed by atoms with Gasteiger partial charge in [0.1, 0.15) is 5.82 Å². The van der Waals surface area contributed by atoms with Crippen LogP contribution >= 0.6 is 11.6 Å². The highest BCUT2D eigenvalue weighted by molar-refractivity contribution is 6.33. The monoisotopic (exact) mass is 256 g/mol. The lowest BCUT2D eigenvalue weighted by Crippen LogP contribution is -2.29. The van der Waals surface area contributed by atoms with Crippen molar-refractivity contribution >= 4 is 23.2 Å². The molecule has 0 aliphatic heterocycles. The van der Waals surface area contributed by atoms with Gasteiger partial charge in [-0.05, 0) is 43.5 Å². The second-order valence-corrected chi connectivity index (χ2v) is 4.65. The number of carbonyl (C=O) groups excluding carboxylic acids is 1. The van der Waals surface area contributed by atoms with E-state index < -0.39 is 5.82 Å². The van der Waals surface area contributed by atoms with Crippen molar-refractivity contribution in [3.8, 4) is 0 Å². The molecule has 0 saturated heterocycles. The number of carbonyl (C=O) groups is 1. The Morgan fingerprint density at radius 2 is 2.24 bits per heavy atom. The molecular formula is C12H14ClFN2O. The standard InChI is InChI=1S/C12H14ClFN2O/c13-10-5-9(14)3-4-11(10)16-12(17)7-15-6-8-1-2-8/h3-5,8,15H,1-2,6-7H2,(H,16,17). The molecule has 2 N–H and O–H groups in total. The third-order valence-electron chi connectivity index (χ3n) is 2.62. The first-order valence-electron chi connectivity index (χ1n) is 5.61. The number of nitrogens with one attached hydrogen (secondary N) is 2. The Labute approximate surface area is 104 Å². The van der Waals surface area contributed by atoms with Gasteiger partial charge in [0, 0.05) is 0 Å². The number of amides is 1. The van der Waals surface area contributed by atoms with E-state index in [1.54, 1.807) is 0 Å². The normalized spacial score (nSPS) is 14.7. The minimum atomic E-state index is -0.417. The van der Waals surface area contributed by atoms with Gasteiger partial charge in [0.25, 0.3) is 0 Å². The van der Waals surface area contributed by atoms with Gasteiger partial charge in [-0.2, -0.15) is 0 Å². The zero-order valence-electron chi connectivity index (χ0n) is 9.30. The first-order valence-corrected chi connectivity index (χ1v) is 5.98. The molecule has 1 aliphatic rings. The lowest BCUT2D eigenvalue weighted by Gasteiger charge is -2.07. The molecule has 5 heteroatoms. The van der Waals surface area contributed by atoms with Crippen molar-refractivity contribution in [3.05, 3.63) is 29.0 Å². The summed E-state index contributed by atoms with van der Waals surface area (Å²) in [6, 6.07) is 3.89. The number of hydrogen-bond acceptors (Lipinski definition) is 2. The molecule has 0 aromatic heterocycles. The molecule has 0 spiro atoms. The second-order valence-electron chi connectivity index (χ2n) is 4.25. The molecule has 1 amide bonds. The number of halogens is 2. The Morgan fingerprint density at radius 1 is 1.47 bits per heavy atom. The van der Waals surface area contributed by atoms with Crippen LogP contribution in [0.2, 0.25) is 5.02 Å². The fraction of sp³-hybridized carbons (Fsp3) is 0.417. The molecule has 3 nitrogen and oxygen atoms in total. The molecule has 1 fully saturated rings. The lowest BCUT2D eigenvalue weighted by atomic mass is 10.3. The molecule has 1 aromatic rings. The predicted octanol–water partition coefficient (Wildman–Crippen LogP) is 2.42. The largest absolute Gasteiger partial charge is 0.324 e. The molecule has 2 rings (SSSR count). The minimum Gasteiger partial charge on any atom is -0.324 e. The van der Waals surface area contributed by atoms with E-state index in [0.717, 1.165) is 12.5 Å². The summed E-state index contributed by atoms with van der Waals surface area (Å²) >= 11 is 5.79. The zero-order valence-corrected chi connectivity index (χ0v) is 10.1. The molecule has 92 valence electrons. The predicted molar refractivity (Wildman–Crippen MR) is 65.6 cm³/mol. The summed E-state index contributed by atoms with van der Waals surface area (Å²) in [6.45, 7) is 1.13. The Balaban J connectivity index is 1.79. The van der Waals surface area contributed by atoms with Gasteiger partial charge in [-0.1, -0.05) is 11.6 Å². The van der Waals surface area contributed by atoms with E-state index in [2.05, 4.69) is 10.6 Å². The fourth-order valence-corrected chi connectivity index (χ4v) is 1.71. The Hall–Kier alpha value is -1.13. The van der Waals surface area contributed by atoms with E-state index in [4.69, 9.17) is 11.6 Å². The van der Waals surface area contributed by atoms with Crippen LogP contribution in [0.25, 0.3) is 0 Å². The van der Waals surface area contributed by atoms with Crippen LogP contribution < -0.4 is 10.6 Å². The Kier molecular flexibility index (Phi) is 3.97. The van der Waals surface area contributed by atoms with Crippen molar-refractivity contribution in [1.82, 2.24) is 5.32 Å². The third-order valence-corrected chi connectivity index (χ3v) is 2.93. The van der Waals surface area contributed by atoms with Crippen LogP contribution in [0.15, 0.2) is 18.2 Å². The summed E-state index contributed by atoms with van der Waals surface area (Å²) in [5, 5.41) is 5.91. The maximum absolute atomic E-state index is 12.8. The van der Waals surface area contributed by atoms with Crippen LogP contribution in [0.5, 0.6) is 0 Å². The van der Waals surface area contributed by atoms with Crippen molar-refractivity contribution in [3.63, 3.8) is 0 Å². The molecule has 0 unspecified atom stereocenters. The molecule has 1 aromatic carbocycles. The smallest absolute Gasteiger partial charge is 0.238 e. The van der Waals surface area contributed by atoms with Crippen molar-refractivity contribution in [1.29, 1.82) is 0 Å². The lowest BCUT2D eigenvalue weighted by molar-refractivity contribution is -0.115. The first kappa shape index (κ1) is 12.3. The van der Waals surface area contributed by atoms with Crippen LogP contribution in [0.4, 0.5) is 10.1 Å². The van der Waals surface area contributed by atoms with Crippen LogP contribution in [0.3, 0.4) is 0 Å². The number of hydrogen-bond donors (Lipinski definition) is 2. The molecule has 0 atom stereocenters. The van der Waals surface area contributed by atoms with Gasteiger partial charge in [-0.15, -0.1) is 0 Å². The average Bonchev–Trinajstić information content (AvgIpc) is 3.06. The van der Waals surface area contributed by atoms with Crippen molar-refractivity contribution in [2.24, 2.45) is 5.92 Å². The van der Waals surface area contributed by atoms with E-state index in [-0.39, 0.29) is 17.5 Å². The van der Waals surface area contributed by atoms with Crippen molar-refractivity contribution in [2.45, 2.75) is 12.8 Å². The molecule has 1 saturated carbocycles. The minimum absolute atomic E-state index is 0.167. The first-order chi connectivity index (χ1) is 8.15. The Bertz CT molecular complexity index is 421. The van der Waals surface area contributed by atoms with E-state index in [0.29, 0.717) is 5.69 Å². The Morgan fingerprint density at radius 3 is 2.88 bits per heavy atom. The molecule has 0 bridgehead atoms. The quantitative estimate of drug-likeness (QED) is 0.850. The van der Waals surface area contributed by atoms with Gasteiger partial charge >= 0.3 is 0 Å². The van der Waals surface area contributed by atoms with E-state index in [1.807, 2.05) is 0 Å². The van der Waals surface area contributed by atoms with Crippen LogP contribution in [-0.4, -0.2) is 19.0 Å². The van der Waals surface area contributed by atoms with Crippen LogP contribution in [0, 0.1) is 11.7 Å². The molecule has 1 aliphatic carbocycles. The van der Waals surface area contributed by atoms with Crippen molar-refractivity contribution < 1.29 is 9.18 Å². The van der Waals surface area contributed by atoms with E-state index in [1.165, 1.54) is 31.0 Å². The number of anilines is 1. The van der Waals surface area contributed by atoms with Crippen LogP contribution in [0.1, 0.15) is 12.8 Å². The van der Waals surface area contributed by atoms with Crippen LogP contribution in [-0.2, 0) is 4.79 Å². The number of benzene rings is 1. The summed E-state index contributed by atoms with van der Waals surface area (Å²) in [7, 11) is 0. The molecule has 0 radical (unpaired) electrons. The fourth-order valence-electron chi connectivity index (χ4n) is 1.50. The molecule has 17 heavy (non-hydrogen) atoms.